The number of carbonyl (C=O) groups is 3. The minimum atomic E-state index is -0.889. The van der Waals surface area contributed by atoms with Crippen molar-refractivity contribution in [2.75, 3.05) is 5.32 Å². The number of likely N-dealkylation sites (tertiary alicyclic amines) is 1. The number of hydrogen-bond donors (Lipinski definition) is 1. The third-order valence-electron chi connectivity index (χ3n) is 6.14. The molecule has 1 heterocycles. The van der Waals surface area contributed by atoms with Gasteiger partial charge in [-0.1, -0.05) is 19.1 Å². The van der Waals surface area contributed by atoms with Gasteiger partial charge >= 0.3 is 0 Å². The Morgan fingerprint density at radius 2 is 1.68 bits per heavy atom. The molecular weight excluding hydrogens is 362 g/mol. The van der Waals surface area contributed by atoms with Crippen LogP contribution in [0.5, 0.6) is 0 Å². The van der Waals surface area contributed by atoms with E-state index in [0.717, 1.165) is 17.7 Å². The summed E-state index contributed by atoms with van der Waals surface area (Å²) < 4.78 is 0. The predicted octanol–water partition coefficient (Wildman–Crippen LogP) is 2.51. The van der Waals surface area contributed by atoms with E-state index in [-0.39, 0.29) is 41.2 Å². The Hall–Kier alpha value is -3.03. The first-order chi connectivity index (χ1) is 13.4. The van der Waals surface area contributed by atoms with Crippen LogP contribution in [-0.4, -0.2) is 33.6 Å². The van der Waals surface area contributed by atoms with Crippen LogP contribution < -0.4 is 5.32 Å². The maximum Gasteiger partial charge on any atom is 0.269 e. The van der Waals surface area contributed by atoms with Crippen molar-refractivity contribution < 1.29 is 19.3 Å². The van der Waals surface area contributed by atoms with E-state index in [9.17, 15) is 24.5 Å². The van der Waals surface area contributed by atoms with E-state index < -0.39 is 16.9 Å². The molecule has 5 rings (SSSR count). The number of nitro benzene ring substituents is 1. The van der Waals surface area contributed by atoms with E-state index in [1.54, 1.807) is 6.92 Å². The van der Waals surface area contributed by atoms with E-state index in [4.69, 9.17) is 0 Å². The Bertz CT molecular complexity index is 846. The van der Waals surface area contributed by atoms with Crippen molar-refractivity contribution in [3.05, 3.63) is 46.5 Å². The molecule has 28 heavy (non-hydrogen) atoms. The number of carbonyl (C=O) groups excluding carboxylic acids is 3. The highest BCUT2D eigenvalue weighted by Gasteiger charge is 2.58. The number of rotatable bonds is 5. The zero-order valence-electron chi connectivity index (χ0n) is 15.4. The summed E-state index contributed by atoms with van der Waals surface area (Å²) in [4.78, 5) is 50.3. The van der Waals surface area contributed by atoms with Gasteiger partial charge in [-0.25, -0.2) is 0 Å². The topological polar surface area (TPSA) is 110 Å². The molecule has 8 nitrogen and oxygen atoms in total. The summed E-state index contributed by atoms with van der Waals surface area (Å²) in [6.45, 7) is 1.76. The summed E-state index contributed by atoms with van der Waals surface area (Å²) in [6, 6.07) is 4.56. The number of allylic oxidation sites excluding steroid dienone is 2. The highest BCUT2D eigenvalue weighted by Crippen LogP contribution is 2.50. The third-order valence-corrected chi connectivity index (χ3v) is 6.14. The normalized spacial score (nSPS) is 29.0. The molecular formula is C20H21N3O5. The monoisotopic (exact) mass is 383 g/mol. The molecule has 1 aromatic carbocycles. The number of benzene rings is 1. The fraction of sp³-hybridized carbons (Fsp3) is 0.450. The quantitative estimate of drug-likeness (QED) is 0.364. The summed E-state index contributed by atoms with van der Waals surface area (Å²) >= 11 is 0. The fourth-order valence-electron chi connectivity index (χ4n) is 4.78. The first kappa shape index (κ1) is 18.3. The van der Waals surface area contributed by atoms with Gasteiger partial charge in [0.05, 0.1) is 16.8 Å². The summed E-state index contributed by atoms with van der Waals surface area (Å²) in [6.07, 6.45) is 6.20. The van der Waals surface area contributed by atoms with Crippen LogP contribution in [0.1, 0.15) is 26.2 Å². The molecule has 3 aliphatic carbocycles. The van der Waals surface area contributed by atoms with Crippen LogP contribution in [0.3, 0.4) is 0 Å². The molecule has 1 N–H and O–H groups in total. The number of fused-ring (bicyclic) bond motifs is 1. The molecule has 0 spiro atoms. The molecule has 8 heteroatoms. The maximum absolute atomic E-state index is 13.0. The van der Waals surface area contributed by atoms with Crippen LogP contribution in [0.4, 0.5) is 11.4 Å². The molecule has 2 fully saturated rings. The Morgan fingerprint density at radius 1 is 1.14 bits per heavy atom. The lowest BCUT2D eigenvalue weighted by Gasteiger charge is -2.38. The average molecular weight is 383 g/mol. The van der Waals surface area contributed by atoms with E-state index in [0.29, 0.717) is 12.1 Å². The number of anilines is 1. The zero-order valence-corrected chi connectivity index (χ0v) is 15.4. The smallest absolute Gasteiger partial charge is 0.269 e. The zero-order chi connectivity index (χ0) is 20.0. The number of nitro groups is 1. The Labute approximate surface area is 161 Å². The van der Waals surface area contributed by atoms with Crippen molar-refractivity contribution in [1.82, 2.24) is 4.90 Å². The van der Waals surface area contributed by atoms with Gasteiger partial charge in [-0.3, -0.25) is 29.4 Å². The molecule has 146 valence electrons. The van der Waals surface area contributed by atoms with Gasteiger partial charge < -0.3 is 5.32 Å². The highest BCUT2D eigenvalue weighted by molar-refractivity contribution is 6.10. The van der Waals surface area contributed by atoms with Gasteiger partial charge in [-0.05, 0) is 43.2 Å². The summed E-state index contributed by atoms with van der Waals surface area (Å²) in [5.74, 6) is -1.51. The molecule has 5 atom stereocenters. The van der Waals surface area contributed by atoms with Crippen LogP contribution in [0.2, 0.25) is 0 Å². The Kier molecular flexibility index (Phi) is 4.49. The van der Waals surface area contributed by atoms with Gasteiger partial charge in [0.25, 0.3) is 5.69 Å². The van der Waals surface area contributed by atoms with E-state index in [2.05, 4.69) is 5.32 Å². The predicted molar refractivity (Wildman–Crippen MR) is 100.0 cm³/mol. The minimum Gasteiger partial charge on any atom is -0.324 e. The lowest BCUT2D eigenvalue weighted by Crippen LogP contribution is -2.47. The van der Waals surface area contributed by atoms with Crippen molar-refractivity contribution in [2.24, 2.45) is 23.7 Å². The average Bonchev–Trinajstić information content (AvgIpc) is 2.97. The highest BCUT2D eigenvalue weighted by atomic mass is 16.6. The van der Waals surface area contributed by atoms with Crippen LogP contribution in [0, 0.1) is 33.8 Å². The Balaban J connectivity index is 1.53. The first-order valence-electron chi connectivity index (χ1n) is 9.53. The van der Waals surface area contributed by atoms with Crippen molar-refractivity contribution in [1.29, 1.82) is 0 Å². The molecule has 4 aliphatic rings. The van der Waals surface area contributed by atoms with Crippen molar-refractivity contribution in [2.45, 2.75) is 32.2 Å². The molecule has 0 unspecified atom stereocenters. The van der Waals surface area contributed by atoms with Crippen LogP contribution in [0.25, 0.3) is 0 Å². The molecule has 1 aromatic rings. The lowest BCUT2D eigenvalue weighted by atomic mass is 9.63. The molecule has 2 bridgehead atoms. The molecule has 0 radical (unpaired) electrons. The molecule has 0 aromatic heterocycles. The second-order valence-electron chi connectivity index (χ2n) is 7.61. The van der Waals surface area contributed by atoms with E-state index in [1.807, 2.05) is 12.2 Å². The third kappa shape index (κ3) is 2.80. The number of amides is 3. The maximum atomic E-state index is 13.0. The number of nitrogens with zero attached hydrogens (tertiary/aromatic N) is 2. The fourth-order valence-corrected chi connectivity index (χ4v) is 4.78. The van der Waals surface area contributed by atoms with Gasteiger partial charge in [0.2, 0.25) is 17.7 Å². The lowest BCUT2D eigenvalue weighted by molar-refractivity contribution is -0.384. The van der Waals surface area contributed by atoms with Crippen molar-refractivity contribution >= 4 is 29.1 Å². The van der Waals surface area contributed by atoms with Gasteiger partial charge in [-0.2, -0.15) is 0 Å². The second-order valence-corrected chi connectivity index (χ2v) is 7.61. The van der Waals surface area contributed by atoms with Gasteiger partial charge in [0, 0.05) is 17.8 Å². The van der Waals surface area contributed by atoms with Crippen LogP contribution >= 0.6 is 0 Å². The Morgan fingerprint density at radius 3 is 2.11 bits per heavy atom. The van der Waals surface area contributed by atoms with Gasteiger partial charge in [0.15, 0.2) is 0 Å². The number of imide groups is 1. The standard InChI is InChI=1S/C20H21N3O5/c1-2-15(18(24)21-13-7-9-14(10-8-13)23(27)28)22-19(25)16-11-3-4-12(6-5-11)17(16)20(22)26/h3-4,7-12,15-17H,2,5-6H2,1H3,(H,21,24)/t11-,12-,15-,16-,17+/m0/s1. The number of nitrogens with one attached hydrogen (secondary N) is 1. The summed E-state index contributed by atoms with van der Waals surface area (Å²) in [5.41, 5.74) is 0.300. The van der Waals surface area contributed by atoms with Gasteiger partial charge in [0.1, 0.15) is 6.04 Å². The molecule has 3 amide bonds. The molecule has 1 saturated carbocycles. The number of non-ortho nitro benzene ring substituents is 1. The summed E-state index contributed by atoms with van der Waals surface area (Å²) in [7, 11) is 0. The minimum absolute atomic E-state index is 0.0756. The van der Waals surface area contributed by atoms with Crippen molar-refractivity contribution in [3.8, 4) is 0 Å². The largest absolute Gasteiger partial charge is 0.324 e. The first-order valence-corrected chi connectivity index (χ1v) is 9.53. The van der Waals surface area contributed by atoms with E-state index >= 15 is 0 Å². The van der Waals surface area contributed by atoms with Crippen LogP contribution in [0.15, 0.2) is 36.4 Å². The molecule has 1 saturated heterocycles. The van der Waals surface area contributed by atoms with Crippen LogP contribution in [-0.2, 0) is 14.4 Å². The summed E-state index contributed by atoms with van der Waals surface area (Å²) in [5, 5.41) is 13.4. The van der Waals surface area contributed by atoms with E-state index in [1.165, 1.54) is 24.3 Å². The second kappa shape index (κ2) is 6.85. The van der Waals surface area contributed by atoms with Crippen molar-refractivity contribution in [3.63, 3.8) is 0 Å². The van der Waals surface area contributed by atoms with Gasteiger partial charge in [-0.15, -0.1) is 0 Å². The molecule has 1 aliphatic heterocycles. The number of hydrogen-bond acceptors (Lipinski definition) is 5. The SMILES string of the molecule is CC[C@@H](C(=O)Nc1ccc([N+](=O)[O-])cc1)N1C(=O)[C@@H]2[C@H](C1=O)[C@H]1C=C[C@H]2CC1.